The fraction of sp³-hybridized carbons (Fsp3) is 0.0909. The second-order valence-corrected chi connectivity index (χ2v) is 5.98. The van der Waals surface area contributed by atoms with Gasteiger partial charge in [-0.05, 0) is 35.7 Å². The molecule has 1 heterocycles. The standard InChI is InChI=1S/C22H19NO/c24-22-13-7-5-10-18(22)14-15-23-20-12-6-4-11-19(20)16-21(23)17-8-2-1-3-9-17/h1-13,16,24H,14-15H2. The summed E-state index contributed by atoms with van der Waals surface area (Å²) in [5, 5.41) is 11.3. The van der Waals surface area contributed by atoms with E-state index in [9.17, 15) is 5.11 Å². The summed E-state index contributed by atoms with van der Waals surface area (Å²) >= 11 is 0. The molecule has 0 amide bonds. The Labute approximate surface area is 141 Å². The van der Waals surface area contributed by atoms with Gasteiger partial charge in [0.2, 0.25) is 0 Å². The molecule has 1 N–H and O–H groups in total. The first-order chi connectivity index (χ1) is 11.8. The lowest BCUT2D eigenvalue weighted by atomic mass is 10.1. The molecular formula is C22H19NO. The lowest BCUT2D eigenvalue weighted by Crippen LogP contribution is -2.03. The molecule has 3 aromatic carbocycles. The van der Waals surface area contributed by atoms with Gasteiger partial charge in [-0.25, -0.2) is 0 Å². The number of hydrogen-bond acceptors (Lipinski definition) is 1. The molecule has 1 aromatic heterocycles. The molecule has 0 saturated heterocycles. The Morgan fingerprint density at radius 1 is 0.750 bits per heavy atom. The summed E-state index contributed by atoms with van der Waals surface area (Å²) in [4.78, 5) is 0. The maximum absolute atomic E-state index is 10.0. The molecule has 2 nitrogen and oxygen atoms in total. The Kier molecular flexibility index (Phi) is 3.80. The monoisotopic (exact) mass is 313 g/mol. The van der Waals surface area contributed by atoms with Crippen LogP contribution in [0.4, 0.5) is 0 Å². The summed E-state index contributed by atoms with van der Waals surface area (Å²) in [6.07, 6.45) is 0.797. The Hall–Kier alpha value is -3.00. The summed E-state index contributed by atoms with van der Waals surface area (Å²) in [5.41, 5.74) is 4.64. The van der Waals surface area contributed by atoms with Gasteiger partial charge in [0, 0.05) is 23.1 Å². The van der Waals surface area contributed by atoms with Crippen molar-refractivity contribution in [2.24, 2.45) is 0 Å². The third-order valence-corrected chi connectivity index (χ3v) is 4.48. The zero-order valence-corrected chi connectivity index (χ0v) is 13.4. The topological polar surface area (TPSA) is 25.2 Å². The van der Waals surface area contributed by atoms with Gasteiger partial charge in [0.25, 0.3) is 0 Å². The first kappa shape index (κ1) is 14.6. The largest absolute Gasteiger partial charge is 0.508 e. The van der Waals surface area contributed by atoms with Crippen LogP contribution in [-0.4, -0.2) is 9.67 Å². The normalized spacial score (nSPS) is 11.0. The first-order valence-corrected chi connectivity index (χ1v) is 8.23. The lowest BCUT2D eigenvalue weighted by molar-refractivity contribution is 0.466. The molecule has 0 spiro atoms. The van der Waals surface area contributed by atoms with Crippen LogP contribution < -0.4 is 0 Å². The van der Waals surface area contributed by atoms with Crippen molar-refractivity contribution in [2.45, 2.75) is 13.0 Å². The van der Waals surface area contributed by atoms with Crippen LogP contribution in [0, 0.1) is 0 Å². The van der Waals surface area contributed by atoms with E-state index in [1.54, 1.807) is 6.07 Å². The number of aromatic hydroxyl groups is 1. The maximum atomic E-state index is 10.0. The smallest absolute Gasteiger partial charge is 0.118 e. The molecule has 0 atom stereocenters. The Balaban J connectivity index is 1.77. The van der Waals surface area contributed by atoms with Crippen molar-refractivity contribution in [1.82, 2.24) is 4.57 Å². The van der Waals surface area contributed by atoms with Crippen LogP contribution in [0.2, 0.25) is 0 Å². The molecule has 24 heavy (non-hydrogen) atoms. The van der Waals surface area contributed by atoms with Crippen LogP contribution in [-0.2, 0) is 13.0 Å². The van der Waals surface area contributed by atoms with E-state index >= 15 is 0 Å². The van der Waals surface area contributed by atoms with Gasteiger partial charge in [-0.15, -0.1) is 0 Å². The predicted molar refractivity (Wildman–Crippen MR) is 99.2 cm³/mol. The zero-order chi connectivity index (χ0) is 16.4. The van der Waals surface area contributed by atoms with E-state index in [0.717, 1.165) is 18.5 Å². The second-order valence-electron chi connectivity index (χ2n) is 5.98. The maximum Gasteiger partial charge on any atom is 0.118 e. The summed E-state index contributed by atoms with van der Waals surface area (Å²) in [6.45, 7) is 0.829. The van der Waals surface area contributed by atoms with Gasteiger partial charge in [0.15, 0.2) is 0 Å². The number of rotatable bonds is 4. The second kappa shape index (κ2) is 6.25. The van der Waals surface area contributed by atoms with Crippen LogP contribution in [0.25, 0.3) is 22.2 Å². The third-order valence-electron chi connectivity index (χ3n) is 4.48. The molecule has 0 unspecified atom stereocenters. The number of fused-ring (bicyclic) bond motifs is 1. The SMILES string of the molecule is Oc1ccccc1CCn1c(-c2ccccc2)cc2ccccc21. The molecule has 0 aliphatic rings. The summed E-state index contributed by atoms with van der Waals surface area (Å²) in [7, 11) is 0. The van der Waals surface area contributed by atoms with E-state index in [0.29, 0.717) is 5.75 Å². The van der Waals surface area contributed by atoms with Crippen molar-refractivity contribution < 1.29 is 5.11 Å². The highest BCUT2D eigenvalue weighted by Gasteiger charge is 2.11. The number of benzene rings is 3. The van der Waals surface area contributed by atoms with Gasteiger partial charge in [0.05, 0.1) is 0 Å². The number of para-hydroxylation sites is 2. The molecule has 4 rings (SSSR count). The quantitative estimate of drug-likeness (QED) is 0.546. The number of nitrogens with zero attached hydrogens (tertiary/aromatic N) is 1. The van der Waals surface area contributed by atoms with Crippen molar-refractivity contribution in [1.29, 1.82) is 0 Å². The highest BCUT2D eigenvalue weighted by molar-refractivity contribution is 5.87. The van der Waals surface area contributed by atoms with Crippen LogP contribution in [0.15, 0.2) is 84.9 Å². The van der Waals surface area contributed by atoms with Crippen molar-refractivity contribution in [3.8, 4) is 17.0 Å². The molecule has 0 aliphatic carbocycles. The minimum Gasteiger partial charge on any atom is -0.508 e. The van der Waals surface area contributed by atoms with E-state index in [1.807, 2.05) is 24.3 Å². The fourth-order valence-electron chi connectivity index (χ4n) is 3.25. The van der Waals surface area contributed by atoms with E-state index in [1.165, 1.54) is 22.2 Å². The average molecular weight is 313 g/mol. The molecule has 118 valence electrons. The molecular weight excluding hydrogens is 294 g/mol. The Morgan fingerprint density at radius 3 is 2.29 bits per heavy atom. The fourth-order valence-corrected chi connectivity index (χ4v) is 3.25. The molecule has 0 aliphatic heterocycles. The third kappa shape index (κ3) is 2.67. The van der Waals surface area contributed by atoms with Gasteiger partial charge >= 0.3 is 0 Å². The Bertz CT molecular complexity index is 970. The summed E-state index contributed by atoms with van der Waals surface area (Å²) in [6, 6.07) is 28.7. The average Bonchev–Trinajstić information content (AvgIpc) is 3.00. The van der Waals surface area contributed by atoms with E-state index in [2.05, 4.69) is 59.2 Å². The van der Waals surface area contributed by atoms with Gasteiger partial charge in [-0.2, -0.15) is 0 Å². The predicted octanol–water partition coefficient (Wildman–Crippen LogP) is 5.26. The van der Waals surface area contributed by atoms with Gasteiger partial charge in [-0.3, -0.25) is 0 Å². The van der Waals surface area contributed by atoms with Gasteiger partial charge < -0.3 is 9.67 Å². The summed E-state index contributed by atoms with van der Waals surface area (Å²) < 4.78 is 2.34. The van der Waals surface area contributed by atoms with Crippen LogP contribution in [0.5, 0.6) is 5.75 Å². The van der Waals surface area contributed by atoms with E-state index in [-0.39, 0.29) is 0 Å². The molecule has 0 radical (unpaired) electrons. The first-order valence-electron chi connectivity index (χ1n) is 8.23. The van der Waals surface area contributed by atoms with Gasteiger partial charge in [0.1, 0.15) is 5.75 Å². The summed E-state index contributed by atoms with van der Waals surface area (Å²) in [5.74, 6) is 0.371. The number of phenols is 1. The van der Waals surface area contributed by atoms with Crippen LogP contribution >= 0.6 is 0 Å². The lowest BCUT2D eigenvalue weighted by Gasteiger charge is -2.12. The molecule has 2 heteroatoms. The van der Waals surface area contributed by atoms with Crippen molar-refractivity contribution in [3.63, 3.8) is 0 Å². The highest BCUT2D eigenvalue weighted by Crippen LogP contribution is 2.29. The zero-order valence-electron chi connectivity index (χ0n) is 13.4. The van der Waals surface area contributed by atoms with Crippen LogP contribution in [0.3, 0.4) is 0 Å². The highest BCUT2D eigenvalue weighted by atomic mass is 16.3. The Morgan fingerprint density at radius 2 is 1.46 bits per heavy atom. The minimum atomic E-state index is 0.371. The van der Waals surface area contributed by atoms with Crippen molar-refractivity contribution in [2.75, 3.05) is 0 Å². The van der Waals surface area contributed by atoms with E-state index < -0.39 is 0 Å². The molecule has 0 saturated carbocycles. The van der Waals surface area contributed by atoms with Crippen LogP contribution in [0.1, 0.15) is 5.56 Å². The minimum absolute atomic E-state index is 0.371. The molecule has 0 fully saturated rings. The number of hydrogen-bond donors (Lipinski definition) is 1. The van der Waals surface area contributed by atoms with E-state index in [4.69, 9.17) is 0 Å². The number of aryl methyl sites for hydroxylation is 2. The van der Waals surface area contributed by atoms with Crippen molar-refractivity contribution in [3.05, 3.63) is 90.5 Å². The molecule has 0 bridgehead atoms. The van der Waals surface area contributed by atoms with Gasteiger partial charge in [-0.1, -0.05) is 66.7 Å². The molecule has 4 aromatic rings. The number of phenolic OH excluding ortho intramolecular Hbond substituents is 1. The number of aromatic nitrogens is 1. The van der Waals surface area contributed by atoms with Crippen molar-refractivity contribution >= 4 is 10.9 Å².